The quantitative estimate of drug-likeness (QED) is 0.0205. The van der Waals surface area contributed by atoms with Gasteiger partial charge in [-0.1, -0.05) is 227 Å². The minimum atomic E-state index is -1.45. The number of rotatable bonds is 39. The van der Waals surface area contributed by atoms with Gasteiger partial charge in [-0.2, -0.15) is 0 Å². The molecular weight excluding hydrogens is 1150 g/mol. The lowest BCUT2D eigenvalue weighted by molar-refractivity contribution is -0.383. The summed E-state index contributed by atoms with van der Waals surface area (Å²) in [5.41, 5.74) is 5.56. The summed E-state index contributed by atoms with van der Waals surface area (Å²) in [6, 6.07) is 59.4. The van der Waals surface area contributed by atoms with Crippen molar-refractivity contribution in [2.75, 3.05) is 13.2 Å². The third-order valence-corrected chi connectivity index (χ3v) is 17.0. The van der Waals surface area contributed by atoms with Gasteiger partial charge in [-0.3, -0.25) is 9.59 Å². The van der Waals surface area contributed by atoms with E-state index in [1.165, 1.54) is 0 Å². The van der Waals surface area contributed by atoms with Crippen molar-refractivity contribution in [3.05, 3.63) is 241 Å². The van der Waals surface area contributed by atoms with Crippen molar-refractivity contribution < 1.29 is 66.4 Å². The maximum absolute atomic E-state index is 15.6. The predicted octanol–water partition coefficient (Wildman–Crippen LogP) is 14.8. The summed E-state index contributed by atoms with van der Waals surface area (Å²) >= 11 is 0. The Morgan fingerprint density at radius 3 is 1.30 bits per heavy atom. The molecule has 0 N–H and O–H groups in total. The van der Waals surface area contributed by atoms with Crippen LogP contribution in [0.15, 0.2) is 207 Å². The molecule has 3 heterocycles. The summed E-state index contributed by atoms with van der Waals surface area (Å²) in [4.78, 5) is 29.4. The topological polar surface area (TPSA) is 145 Å². The van der Waals surface area contributed by atoms with Crippen molar-refractivity contribution in [1.82, 2.24) is 0 Å². The predicted molar refractivity (Wildman–Crippen MR) is 349 cm³/mol. The van der Waals surface area contributed by atoms with Crippen LogP contribution in [0, 0.1) is 11.8 Å². The number of cyclic esters (lactones) is 1. The molecule has 0 radical (unpaired) electrons. The lowest BCUT2D eigenvalue weighted by Gasteiger charge is -2.50. The summed E-state index contributed by atoms with van der Waals surface area (Å²) in [5.74, 6) is -2.86. The molecule has 3 aliphatic heterocycles. The highest BCUT2D eigenvalue weighted by Gasteiger charge is 2.57. The average Bonchev–Trinajstić information content (AvgIpc) is 1.56. The fourth-order valence-electron chi connectivity index (χ4n) is 12.0. The monoisotopic (exact) mass is 1240 g/mol. The molecule has 0 aromatic heterocycles. The van der Waals surface area contributed by atoms with E-state index in [-0.39, 0.29) is 52.4 Å². The van der Waals surface area contributed by atoms with E-state index in [1.807, 2.05) is 201 Å². The van der Waals surface area contributed by atoms with Crippen LogP contribution in [0.3, 0.4) is 0 Å². The van der Waals surface area contributed by atoms with Crippen molar-refractivity contribution >= 4 is 11.9 Å². The Morgan fingerprint density at radius 2 is 0.846 bits per heavy atom. The maximum Gasteiger partial charge on any atom is 0.314 e. The van der Waals surface area contributed by atoms with Crippen molar-refractivity contribution in [1.29, 1.82) is 0 Å². The molecule has 14 nitrogen and oxygen atoms in total. The van der Waals surface area contributed by atoms with Crippen LogP contribution < -0.4 is 0 Å². The highest BCUT2D eigenvalue weighted by Crippen LogP contribution is 2.40. The molecular formula is C77H94O14. The Labute approximate surface area is 539 Å². The highest BCUT2D eigenvalue weighted by molar-refractivity contribution is 5.85. The molecule has 14 atom stereocenters. The van der Waals surface area contributed by atoms with E-state index in [4.69, 9.17) is 56.8 Å². The molecule has 0 spiro atoms. The second kappa shape index (κ2) is 37.8. The Bertz CT molecular complexity index is 2990. The zero-order valence-electron chi connectivity index (χ0n) is 53.1. The van der Waals surface area contributed by atoms with Gasteiger partial charge in [0, 0.05) is 0 Å². The summed E-state index contributed by atoms with van der Waals surface area (Å²) in [7, 11) is 0. The van der Waals surface area contributed by atoms with Crippen LogP contribution in [0.25, 0.3) is 0 Å². The minimum absolute atomic E-state index is 0.0113. The largest absolute Gasteiger partial charge is 0.461 e. The second-order valence-corrected chi connectivity index (χ2v) is 24.1. The van der Waals surface area contributed by atoms with Gasteiger partial charge in [-0.25, -0.2) is 0 Å². The molecule has 486 valence electrons. The number of hydrogen-bond acceptors (Lipinski definition) is 14. The molecule has 3 fully saturated rings. The SMILES string of the molecule is C=CCCCCCCCCC1OC(=O)C(C)C1C(=O)OC1C(OC2C(OC(C)CCCC=C)OC(COCc3ccccc3)C(OCc3ccccc3)C2OCc2ccccc2)OC(COCc2ccccc2)C(OCc2ccccc2)C1OCc1ccccc1. The fraction of sp³-hybridized carbons (Fsp3) is 0.455. The molecule has 6 aromatic carbocycles. The van der Waals surface area contributed by atoms with Crippen molar-refractivity contribution in [3.63, 3.8) is 0 Å². The third kappa shape index (κ3) is 21.4. The van der Waals surface area contributed by atoms with Crippen molar-refractivity contribution in [3.8, 4) is 0 Å². The third-order valence-electron chi connectivity index (χ3n) is 17.0. The zero-order chi connectivity index (χ0) is 63.2. The van der Waals surface area contributed by atoms with E-state index >= 15 is 4.79 Å². The number of benzene rings is 6. The van der Waals surface area contributed by atoms with Gasteiger partial charge in [-0.15, -0.1) is 13.2 Å². The van der Waals surface area contributed by atoms with E-state index in [9.17, 15) is 4.79 Å². The standard InChI is InChI=1S/C77H94O14/c1-5-7-9-10-11-12-13-33-47-64-67(57(4)74(78)87-64)75(79)90-72-70(84-52-62-43-29-18-30-44-62)68(82-50-60-39-25-16-26-40-60)66(55-81-49-59-37-23-15-24-38-59)89-77(72)91-73-71(85-53-63-45-31-19-32-46-63)69(83-51-61-41-27-17-28-42-61)65(54-80-48-58-35-21-14-22-36-58)88-76(73)86-56(3)34-20-8-6-2/h5-6,14-19,21-32,35-46,56-57,64-73,76-77H,1-2,7-13,20,33-34,47-55H2,3-4H3. The number of unbranched alkanes of at least 4 members (excludes halogenated alkanes) is 7. The average molecular weight is 1240 g/mol. The molecule has 91 heavy (non-hydrogen) atoms. The van der Waals surface area contributed by atoms with Gasteiger partial charge in [0.2, 0.25) is 0 Å². The first kappa shape index (κ1) is 68.7. The highest BCUT2D eigenvalue weighted by atomic mass is 16.8. The van der Waals surface area contributed by atoms with Crippen LogP contribution in [0.2, 0.25) is 0 Å². The Morgan fingerprint density at radius 1 is 0.462 bits per heavy atom. The maximum atomic E-state index is 15.6. The molecule has 0 saturated carbocycles. The van der Waals surface area contributed by atoms with Gasteiger partial charge in [0.1, 0.15) is 54.7 Å². The molecule has 3 saturated heterocycles. The number of esters is 2. The summed E-state index contributed by atoms with van der Waals surface area (Å²) in [5, 5.41) is 0. The van der Waals surface area contributed by atoms with Gasteiger partial charge < -0.3 is 56.8 Å². The lowest BCUT2D eigenvalue weighted by atomic mass is 9.89. The van der Waals surface area contributed by atoms with Crippen LogP contribution in [-0.2, 0) is 106 Å². The Kier molecular flexibility index (Phi) is 28.5. The fourth-order valence-corrected chi connectivity index (χ4v) is 12.0. The van der Waals surface area contributed by atoms with Crippen LogP contribution >= 0.6 is 0 Å². The summed E-state index contributed by atoms with van der Waals surface area (Å²) in [6.45, 7) is 12.9. The molecule has 14 heteroatoms. The molecule has 6 aromatic rings. The van der Waals surface area contributed by atoms with Crippen molar-refractivity contribution in [2.24, 2.45) is 11.8 Å². The van der Waals surface area contributed by atoms with E-state index < -0.39 is 91.3 Å². The van der Waals surface area contributed by atoms with Crippen LogP contribution in [-0.4, -0.2) is 98.8 Å². The molecule has 14 unspecified atom stereocenters. The van der Waals surface area contributed by atoms with Crippen LogP contribution in [0.4, 0.5) is 0 Å². The Balaban J connectivity index is 1.14. The first-order valence-corrected chi connectivity index (χ1v) is 32.8. The number of hydrogen-bond donors (Lipinski definition) is 0. The van der Waals surface area contributed by atoms with E-state index in [2.05, 4.69) is 13.2 Å². The normalized spacial score (nSPS) is 25.1. The number of carbonyl (C=O) groups excluding carboxylic acids is 2. The smallest absolute Gasteiger partial charge is 0.314 e. The van der Waals surface area contributed by atoms with Gasteiger partial charge >= 0.3 is 11.9 Å². The van der Waals surface area contributed by atoms with Gasteiger partial charge in [0.05, 0.1) is 64.9 Å². The molecule has 0 aliphatic carbocycles. The van der Waals surface area contributed by atoms with E-state index in [0.717, 1.165) is 91.2 Å². The lowest BCUT2D eigenvalue weighted by Crippen LogP contribution is -2.67. The second-order valence-electron chi connectivity index (χ2n) is 24.1. The summed E-state index contributed by atoms with van der Waals surface area (Å²) < 4.78 is 84.2. The molecule has 0 amide bonds. The van der Waals surface area contributed by atoms with Crippen LogP contribution in [0.5, 0.6) is 0 Å². The molecule has 9 rings (SSSR count). The number of ether oxygens (including phenoxy) is 12. The zero-order valence-corrected chi connectivity index (χ0v) is 53.1. The van der Waals surface area contributed by atoms with Crippen molar-refractivity contribution in [2.45, 2.75) is 198 Å². The van der Waals surface area contributed by atoms with Gasteiger partial charge in [-0.05, 0) is 85.3 Å². The van der Waals surface area contributed by atoms with E-state index in [0.29, 0.717) is 19.4 Å². The molecule has 0 bridgehead atoms. The number of carbonyl (C=O) groups is 2. The van der Waals surface area contributed by atoms with E-state index in [1.54, 1.807) is 6.92 Å². The van der Waals surface area contributed by atoms with Crippen LogP contribution in [0.1, 0.15) is 118 Å². The van der Waals surface area contributed by atoms with Gasteiger partial charge in [0.25, 0.3) is 0 Å². The first-order chi connectivity index (χ1) is 44.7. The Hall–Kier alpha value is -6.66. The first-order valence-electron chi connectivity index (χ1n) is 32.8. The number of allylic oxidation sites excluding steroid dienone is 2. The summed E-state index contributed by atoms with van der Waals surface area (Å²) in [6.07, 6.45) is 1.99. The van der Waals surface area contributed by atoms with Gasteiger partial charge in [0.15, 0.2) is 18.7 Å². The minimum Gasteiger partial charge on any atom is -0.461 e. The molecule has 3 aliphatic rings.